The first kappa shape index (κ1) is 12.1. The lowest BCUT2D eigenvalue weighted by molar-refractivity contribution is 0.0997. The van der Waals surface area contributed by atoms with E-state index in [1.165, 1.54) is 24.5 Å². The molecule has 4 N–H and O–H groups in total. The molecular formula is C10H8ClN5O2. The third-order valence-corrected chi connectivity index (χ3v) is 2.44. The van der Waals surface area contributed by atoms with Crippen molar-refractivity contribution in [3.63, 3.8) is 0 Å². The van der Waals surface area contributed by atoms with Gasteiger partial charge in [-0.15, -0.1) is 0 Å². The number of aromatic nitrogens is 3. The van der Waals surface area contributed by atoms with Crippen molar-refractivity contribution < 1.29 is 9.59 Å². The second-order valence-electron chi connectivity index (χ2n) is 3.35. The van der Waals surface area contributed by atoms with E-state index in [2.05, 4.69) is 20.5 Å². The molecule has 92 valence electrons. The molecule has 0 aliphatic carbocycles. The largest absolute Gasteiger partial charge is 0.366 e. The van der Waals surface area contributed by atoms with E-state index in [4.69, 9.17) is 17.3 Å². The molecule has 8 heteroatoms. The van der Waals surface area contributed by atoms with Gasteiger partial charge in [-0.1, -0.05) is 11.6 Å². The minimum Gasteiger partial charge on any atom is -0.366 e. The highest BCUT2D eigenvalue weighted by atomic mass is 35.5. The van der Waals surface area contributed by atoms with Crippen molar-refractivity contribution in [1.29, 1.82) is 0 Å². The first-order valence-electron chi connectivity index (χ1n) is 4.84. The van der Waals surface area contributed by atoms with E-state index in [0.717, 1.165) is 0 Å². The van der Waals surface area contributed by atoms with Crippen molar-refractivity contribution in [2.45, 2.75) is 0 Å². The number of aromatic amines is 1. The molecule has 0 bridgehead atoms. The molecule has 0 aliphatic rings. The Labute approximate surface area is 106 Å². The number of rotatable bonds is 3. The van der Waals surface area contributed by atoms with Crippen molar-refractivity contribution in [3.8, 4) is 0 Å². The summed E-state index contributed by atoms with van der Waals surface area (Å²) in [6, 6.07) is 4.37. The fraction of sp³-hybridized carbons (Fsp3) is 0. The molecule has 0 atom stereocenters. The van der Waals surface area contributed by atoms with Crippen molar-refractivity contribution in [2.24, 2.45) is 5.73 Å². The Balaban J connectivity index is 2.18. The van der Waals surface area contributed by atoms with E-state index in [1.807, 2.05) is 0 Å². The molecule has 18 heavy (non-hydrogen) atoms. The second-order valence-corrected chi connectivity index (χ2v) is 3.75. The minimum absolute atomic E-state index is 0.0742. The Morgan fingerprint density at radius 2 is 2.17 bits per heavy atom. The first-order chi connectivity index (χ1) is 8.58. The number of anilines is 1. The lowest BCUT2D eigenvalue weighted by Gasteiger charge is -2.05. The predicted octanol–water partition coefficient (Wildman–Crippen LogP) is 0.809. The van der Waals surface area contributed by atoms with Gasteiger partial charge in [0.15, 0.2) is 0 Å². The van der Waals surface area contributed by atoms with Crippen LogP contribution in [0.3, 0.4) is 0 Å². The molecule has 7 nitrogen and oxygen atoms in total. The highest BCUT2D eigenvalue weighted by molar-refractivity contribution is 6.34. The van der Waals surface area contributed by atoms with Gasteiger partial charge in [-0.25, -0.2) is 4.98 Å². The maximum Gasteiger partial charge on any atom is 0.292 e. The van der Waals surface area contributed by atoms with Gasteiger partial charge >= 0.3 is 0 Å². The Bertz CT molecular complexity index is 596. The van der Waals surface area contributed by atoms with Crippen LogP contribution in [0.2, 0.25) is 5.02 Å². The molecule has 1 heterocycles. The lowest BCUT2D eigenvalue weighted by Crippen LogP contribution is -2.15. The number of nitrogens with zero attached hydrogens (tertiary/aromatic N) is 2. The van der Waals surface area contributed by atoms with Gasteiger partial charge in [-0.2, -0.15) is 5.10 Å². The van der Waals surface area contributed by atoms with Gasteiger partial charge in [0.1, 0.15) is 6.33 Å². The molecule has 0 unspecified atom stereocenters. The van der Waals surface area contributed by atoms with Crippen molar-refractivity contribution in [1.82, 2.24) is 15.2 Å². The van der Waals surface area contributed by atoms with Gasteiger partial charge in [-0.3, -0.25) is 14.7 Å². The molecule has 0 aliphatic heterocycles. The van der Waals surface area contributed by atoms with Crippen LogP contribution >= 0.6 is 11.6 Å². The molecule has 0 fully saturated rings. The van der Waals surface area contributed by atoms with Crippen molar-refractivity contribution in [2.75, 3.05) is 5.32 Å². The van der Waals surface area contributed by atoms with Crippen LogP contribution in [0.15, 0.2) is 24.5 Å². The zero-order valence-corrected chi connectivity index (χ0v) is 9.73. The van der Waals surface area contributed by atoms with Crippen LogP contribution in [-0.4, -0.2) is 27.0 Å². The van der Waals surface area contributed by atoms with Crippen LogP contribution in [0.25, 0.3) is 0 Å². The summed E-state index contributed by atoms with van der Waals surface area (Å²) < 4.78 is 0. The number of nitrogens with two attached hydrogens (primary N) is 1. The molecule has 1 aromatic carbocycles. The fourth-order valence-corrected chi connectivity index (χ4v) is 1.57. The van der Waals surface area contributed by atoms with Crippen LogP contribution in [-0.2, 0) is 0 Å². The number of hydrogen-bond acceptors (Lipinski definition) is 4. The van der Waals surface area contributed by atoms with Gasteiger partial charge in [0.05, 0.1) is 10.6 Å². The van der Waals surface area contributed by atoms with Crippen molar-refractivity contribution >= 4 is 29.1 Å². The van der Waals surface area contributed by atoms with E-state index >= 15 is 0 Å². The Hall–Kier alpha value is -2.41. The Morgan fingerprint density at radius 1 is 1.39 bits per heavy atom. The van der Waals surface area contributed by atoms with E-state index in [1.54, 1.807) is 0 Å². The maximum absolute atomic E-state index is 11.6. The average molecular weight is 266 g/mol. The second kappa shape index (κ2) is 4.84. The minimum atomic E-state index is -0.631. The number of H-pyrrole nitrogens is 1. The average Bonchev–Trinajstić information content (AvgIpc) is 2.81. The summed E-state index contributed by atoms with van der Waals surface area (Å²) >= 11 is 5.84. The predicted molar refractivity (Wildman–Crippen MR) is 64.3 cm³/mol. The van der Waals surface area contributed by atoms with E-state index in [-0.39, 0.29) is 16.4 Å². The highest BCUT2D eigenvalue weighted by Gasteiger charge is 2.11. The molecule has 2 rings (SSSR count). The molecule has 0 radical (unpaired) electrons. The van der Waals surface area contributed by atoms with Gasteiger partial charge in [0, 0.05) is 5.69 Å². The summed E-state index contributed by atoms with van der Waals surface area (Å²) in [6.45, 7) is 0. The number of primary amides is 1. The molecule has 0 saturated heterocycles. The standard InChI is InChI=1S/C10H8ClN5O2/c11-7-3-5(1-2-6(7)8(12)17)15-10(18)9-13-4-14-16-9/h1-4H,(H2,12,17)(H,15,18)(H,13,14,16). The van der Waals surface area contributed by atoms with Crippen molar-refractivity contribution in [3.05, 3.63) is 40.9 Å². The first-order valence-corrected chi connectivity index (χ1v) is 5.22. The summed E-state index contributed by atoms with van der Waals surface area (Å²) in [6.07, 6.45) is 1.22. The van der Waals surface area contributed by atoms with Gasteiger partial charge in [-0.05, 0) is 18.2 Å². The summed E-state index contributed by atoms with van der Waals surface area (Å²) in [4.78, 5) is 26.3. The Kier molecular flexibility index (Phi) is 3.24. The molecule has 0 spiro atoms. The topological polar surface area (TPSA) is 114 Å². The van der Waals surface area contributed by atoms with Gasteiger partial charge in [0.2, 0.25) is 11.7 Å². The Morgan fingerprint density at radius 3 is 2.72 bits per heavy atom. The quantitative estimate of drug-likeness (QED) is 0.762. The third kappa shape index (κ3) is 2.46. The number of carbonyl (C=O) groups excluding carboxylic acids is 2. The fourth-order valence-electron chi connectivity index (χ4n) is 1.30. The smallest absolute Gasteiger partial charge is 0.292 e. The molecule has 2 aromatic rings. The lowest BCUT2D eigenvalue weighted by atomic mass is 10.2. The normalized spacial score (nSPS) is 10.1. The third-order valence-electron chi connectivity index (χ3n) is 2.12. The summed E-state index contributed by atoms with van der Waals surface area (Å²) in [5.74, 6) is -1.02. The number of nitrogens with one attached hydrogen (secondary N) is 2. The number of hydrogen-bond donors (Lipinski definition) is 3. The van der Waals surface area contributed by atoms with Crippen LogP contribution in [0.4, 0.5) is 5.69 Å². The van der Waals surface area contributed by atoms with Crippen LogP contribution < -0.4 is 11.1 Å². The van der Waals surface area contributed by atoms with Gasteiger partial charge < -0.3 is 11.1 Å². The maximum atomic E-state index is 11.6. The van der Waals surface area contributed by atoms with E-state index in [0.29, 0.717) is 5.69 Å². The zero-order chi connectivity index (χ0) is 13.1. The zero-order valence-electron chi connectivity index (χ0n) is 8.98. The molecular weight excluding hydrogens is 258 g/mol. The number of halogens is 1. The summed E-state index contributed by atoms with van der Waals surface area (Å²) in [5, 5.41) is 8.68. The number of benzene rings is 1. The summed E-state index contributed by atoms with van der Waals surface area (Å²) in [7, 11) is 0. The SMILES string of the molecule is NC(=O)c1ccc(NC(=O)c2ncn[nH]2)cc1Cl. The molecule has 2 amide bonds. The number of carbonyl (C=O) groups is 2. The van der Waals surface area contributed by atoms with Crippen LogP contribution in [0, 0.1) is 0 Å². The summed E-state index contributed by atoms with van der Waals surface area (Å²) in [5.41, 5.74) is 5.72. The number of amides is 2. The molecule has 0 saturated carbocycles. The van der Waals surface area contributed by atoms with Gasteiger partial charge in [0.25, 0.3) is 5.91 Å². The monoisotopic (exact) mass is 265 g/mol. The van der Waals surface area contributed by atoms with E-state index < -0.39 is 11.8 Å². The van der Waals surface area contributed by atoms with E-state index in [9.17, 15) is 9.59 Å². The highest BCUT2D eigenvalue weighted by Crippen LogP contribution is 2.20. The molecule has 1 aromatic heterocycles. The van der Waals surface area contributed by atoms with Crippen LogP contribution in [0.5, 0.6) is 0 Å². The van der Waals surface area contributed by atoms with Crippen LogP contribution in [0.1, 0.15) is 21.0 Å².